The average molecular weight is 335 g/mol. The van der Waals surface area contributed by atoms with Crippen molar-refractivity contribution < 1.29 is 18.0 Å². The smallest absolute Gasteiger partial charge is 0.165 e. The average Bonchev–Trinajstić information content (AvgIpc) is 2.29. The van der Waals surface area contributed by atoms with E-state index >= 15 is 0 Å². The quantitative estimate of drug-likeness (QED) is 0.779. The maximum Gasteiger partial charge on any atom is 0.165 e. The molecule has 1 saturated carbocycles. The molecule has 0 heterocycles. The molecule has 1 aromatic carbocycles. The summed E-state index contributed by atoms with van der Waals surface area (Å²) in [5.74, 6) is -0.875. The van der Waals surface area contributed by atoms with Crippen LogP contribution in [-0.2, 0) is 24.2 Å². The number of Topliss-reactive ketones (excluding diaryl/α,β-unsaturated/α-hetero) is 2. The van der Waals surface area contributed by atoms with Gasteiger partial charge in [-0.05, 0) is 24.1 Å². The van der Waals surface area contributed by atoms with Crippen LogP contribution >= 0.6 is 23.2 Å². The summed E-state index contributed by atoms with van der Waals surface area (Å²) in [6.07, 6.45) is 0.570. The second-order valence-corrected chi connectivity index (χ2v) is 7.95. The van der Waals surface area contributed by atoms with Crippen molar-refractivity contribution in [2.75, 3.05) is 6.26 Å². The number of ketones is 2. The van der Waals surface area contributed by atoms with Gasteiger partial charge in [-0.15, -0.1) is 0 Å². The lowest BCUT2D eigenvalue weighted by Gasteiger charge is -2.34. The van der Waals surface area contributed by atoms with Crippen molar-refractivity contribution >= 4 is 44.6 Å². The SMILES string of the molecule is CS(=O)(=O)C1(c2ccc(Cl)cc2Cl)CCC(=O)CC1=O. The first-order valence-electron chi connectivity index (χ1n) is 5.88. The third-order valence-corrected chi connectivity index (χ3v) is 6.03. The maximum absolute atomic E-state index is 12.3. The molecule has 0 N–H and O–H groups in total. The number of hydrogen-bond donors (Lipinski definition) is 0. The normalized spacial score (nSPS) is 23.9. The summed E-state index contributed by atoms with van der Waals surface area (Å²) in [5.41, 5.74) is 0.198. The van der Waals surface area contributed by atoms with Crippen LogP contribution < -0.4 is 0 Å². The van der Waals surface area contributed by atoms with Gasteiger partial charge < -0.3 is 0 Å². The van der Waals surface area contributed by atoms with Crippen molar-refractivity contribution in [1.29, 1.82) is 0 Å². The Hall–Kier alpha value is -0.910. The van der Waals surface area contributed by atoms with E-state index in [0.29, 0.717) is 5.02 Å². The van der Waals surface area contributed by atoms with Crippen molar-refractivity contribution in [2.45, 2.75) is 24.0 Å². The molecule has 0 saturated heterocycles. The van der Waals surface area contributed by atoms with Gasteiger partial charge in [-0.1, -0.05) is 29.3 Å². The van der Waals surface area contributed by atoms with Gasteiger partial charge in [0.2, 0.25) is 0 Å². The van der Waals surface area contributed by atoms with E-state index in [-0.39, 0.29) is 35.6 Å². The van der Waals surface area contributed by atoms with Crippen molar-refractivity contribution in [2.24, 2.45) is 0 Å². The number of carbonyl (C=O) groups is 2. The molecule has 1 aromatic rings. The molecular formula is C13H12Cl2O4S. The van der Waals surface area contributed by atoms with Gasteiger partial charge in [0.25, 0.3) is 0 Å². The predicted octanol–water partition coefficient (Wildman–Crippen LogP) is 2.56. The number of hydrogen-bond acceptors (Lipinski definition) is 4. The molecule has 1 aliphatic rings. The van der Waals surface area contributed by atoms with Crippen molar-refractivity contribution in [3.8, 4) is 0 Å². The molecule has 7 heteroatoms. The molecule has 2 rings (SSSR count). The van der Waals surface area contributed by atoms with Crippen LogP contribution in [0.4, 0.5) is 0 Å². The number of rotatable bonds is 2. The van der Waals surface area contributed by atoms with Gasteiger partial charge in [0.15, 0.2) is 20.4 Å². The van der Waals surface area contributed by atoms with E-state index in [9.17, 15) is 18.0 Å². The lowest BCUT2D eigenvalue weighted by Crippen LogP contribution is -2.47. The van der Waals surface area contributed by atoms with Crippen LogP contribution in [0.3, 0.4) is 0 Å². The third-order valence-electron chi connectivity index (χ3n) is 3.56. The second kappa shape index (κ2) is 5.13. The van der Waals surface area contributed by atoms with E-state index in [1.807, 2.05) is 0 Å². The Bertz CT molecular complexity index is 696. The van der Waals surface area contributed by atoms with Gasteiger partial charge in [-0.3, -0.25) is 9.59 Å². The van der Waals surface area contributed by atoms with Crippen LogP contribution in [0.1, 0.15) is 24.8 Å². The molecule has 1 unspecified atom stereocenters. The minimum absolute atomic E-state index is 0.0394. The number of benzene rings is 1. The van der Waals surface area contributed by atoms with E-state index in [2.05, 4.69) is 0 Å². The number of carbonyl (C=O) groups excluding carboxylic acids is 2. The summed E-state index contributed by atoms with van der Waals surface area (Å²) >= 11 is 11.9. The molecule has 1 fully saturated rings. The summed E-state index contributed by atoms with van der Waals surface area (Å²) in [4.78, 5) is 23.7. The highest BCUT2D eigenvalue weighted by molar-refractivity contribution is 7.92. The Morgan fingerprint density at radius 1 is 1.20 bits per heavy atom. The highest BCUT2D eigenvalue weighted by Gasteiger charge is 2.52. The Labute approximate surface area is 127 Å². The van der Waals surface area contributed by atoms with Crippen LogP contribution in [0.5, 0.6) is 0 Å². The lowest BCUT2D eigenvalue weighted by molar-refractivity contribution is -0.131. The van der Waals surface area contributed by atoms with Gasteiger partial charge in [-0.25, -0.2) is 8.42 Å². The van der Waals surface area contributed by atoms with Crippen LogP contribution in [0.15, 0.2) is 18.2 Å². The van der Waals surface area contributed by atoms with Crippen LogP contribution in [0, 0.1) is 0 Å². The second-order valence-electron chi connectivity index (χ2n) is 4.86. The van der Waals surface area contributed by atoms with Crippen molar-refractivity contribution in [1.82, 2.24) is 0 Å². The summed E-state index contributed by atoms with van der Waals surface area (Å²) in [7, 11) is -3.78. The summed E-state index contributed by atoms with van der Waals surface area (Å²) in [6, 6.07) is 4.33. The summed E-state index contributed by atoms with van der Waals surface area (Å²) < 4.78 is 22.7. The Balaban J connectivity index is 2.72. The Morgan fingerprint density at radius 3 is 2.35 bits per heavy atom. The Kier molecular flexibility index (Phi) is 3.97. The largest absolute Gasteiger partial charge is 0.299 e. The van der Waals surface area contributed by atoms with E-state index < -0.39 is 20.4 Å². The topological polar surface area (TPSA) is 68.3 Å². The lowest BCUT2D eigenvalue weighted by atomic mass is 9.81. The first-order chi connectivity index (χ1) is 9.18. The first kappa shape index (κ1) is 15.5. The van der Waals surface area contributed by atoms with Gasteiger partial charge in [0.1, 0.15) is 5.78 Å². The van der Waals surface area contributed by atoms with E-state index in [1.165, 1.54) is 18.2 Å². The maximum atomic E-state index is 12.3. The monoisotopic (exact) mass is 334 g/mol. The zero-order valence-electron chi connectivity index (χ0n) is 10.7. The highest BCUT2D eigenvalue weighted by Crippen LogP contribution is 2.43. The van der Waals surface area contributed by atoms with E-state index in [0.717, 1.165) is 6.26 Å². The molecule has 0 aromatic heterocycles. The zero-order valence-corrected chi connectivity index (χ0v) is 13.0. The fourth-order valence-corrected chi connectivity index (χ4v) is 4.72. The molecule has 20 heavy (non-hydrogen) atoms. The van der Waals surface area contributed by atoms with Gasteiger partial charge in [-0.2, -0.15) is 0 Å². The Morgan fingerprint density at radius 2 is 1.85 bits per heavy atom. The predicted molar refractivity (Wildman–Crippen MR) is 76.8 cm³/mol. The van der Waals surface area contributed by atoms with Crippen LogP contribution in [0.2, 0.25) is 10.0 Å². The minimum atomic E-state index is -3.78. The van der Waals surface area contributed by atoms with Crippen LogP contribution in [0.25, 0.3) is 0 Å². The molecule has 0 aliphatic heterocycles. The number of sulfone groups is 1. The standard InChI is InChI=1S/C13H12Cl2O4S/c1-20(18,19)13(5-4-9(16)7-12(13)17)10-3-2-8(14)6-11(10)15/h2-3,6H,4-5,7H2,1H3. The van der Waals surface area contributed by atoms with Gasteiger partial charge in [0.05, 0.1) is 6.42 Å². The number of halogens is 2. The fraction of sp³-hybridized carbons (Fsp3) is 0.385. The summed E-state index contributed by atoms with van der Waals surface area (Å²) in [5, 5.41) is 0.465. The molecule has 108 valence electrons. The fourth-order valence-electron chi connectivity index (χ4n) is 2.56. The summed E-state index contributed by atoms with van der Waals surface area (Å²) in [6.45, 7) is 0. The van der Waals surface area contributed by atoms with E-state index in [1.54, 1.807) is 0 Å². The first-order valence-corrected chi connectivity index (χ1v) is 8.53. The van der Waals surface area contributed by atoms with Crippen molar-refractivity contribution in [3.63, 3.8) is 0 Å². The van der Waals surface area contributed by atoms with Crippen molar-refractivity contribution in [3.05, 3.63) is 33.8 Å². The molecule has 0 bridgehead atoms. The zero-order chi connectivity index (χ0) is 15.1. The third kappa shape index (κ3) is 2.38. The van der Waals surface area contributed by atoms with Gasteiger partial charge in [0, 0.05) is 22.7 Å². The van der Waals surface area contributed by atoms with E-state index in [4.69, 9.17) is 23.2 Å². The molecule has 1 aliphatic carbocycles. The minimum Gasteiger partial charge on any atom is -0.299 e. The molecule has 4 nitrogen and oxygen atoms in total. The highest BCUT2D eigenvalue weighted by atomic mass is 35.5. The molecule has 0 spiro atoms. The van der Waals surface area contributed by atoms with Crippen LogP contribution in [-0.4, -0.2) is 26.2 Å². The molecule has 0 amide bonds. The molecule has 0 radical (unpaired) electrons. The molecular weight excluding hydrogens is 323 g/mol. The molecule has 1 atom stereocenters. The van der Waals surface area contributed by atoms with Gasteiger partial charge >= 0.3 is 0 Å².